The maximum absolute atomic E-state index is 10.9. The van der Waals surface area contributed by atoms with E-state index in [9.17, 15) is 4.79 Å². The summed E-state index contributed by atoms with van der Waals surface area (Å²) in [5.41, 5.74) is 0. The van der Waals surface area contributed by atoms with Crippen LogP contribution in [0.5, 0.6) is 0 Å². The molecule has 1 saturated carbocycles. The Morgan fingerprint density at radius 1 is 1.29 bits per heavy atom. The van der Waals surface area contributed by atoms with Crippen LogP contribution in [-0.4, -0.2) is 29.3 Å². The molecule has 0 aromatic heterocycles. The van der Waals surface area contributed by atoms with Crippen LogP contribution < -0.4 is 4.46 Å². The number of benzene rings is 1. The van der Waals surface area contributed by atoms with E-state index in [1.165, 1.54) is 10.7 Å². The van der Waals surface area contributed by atoms with Crippen molar-refractivity contribution in [3.63, 3.8) is 0 Å². The normalized spacial score (nSPS) is 25.4. The Kier molecular flexibility index (Phi) is 3.91. The van der Waals surface area contributed by atoms with Crippen molar-refractivity contribution < 1.29 is 4.79 Å². The summed E-state index contributed by atoms with van der Waals surface area (Å²) in [4.78, 5) is 10.9. The van der Waals surface area contributed by atoms with Crippen LogP contribution >= 0.6 is 0 Å². The molecule has 3 heteroatoms. The SMILES string of the molecule is C[Si](C)(C)C([Se]c1ccccc1)[C@@H]1C[C@H]1C=O. The van der Waals surface area contributed by atoms with Crippen molar-refractivity contribution in [1.82, 2.24) is 0 Å². The average Bonchev–Trinajstić information content (AvgIpc) is 3.05. The van der Waals surface area contributed by atoms with Crippen LogP contribution in [0.15, 0.2) is 30.3 Å². The molecule has 0 saturated heterocycles. The van der Waals surface area contributed by atoms with E-state index in [1.54, 1.807) is 0 Å². The molecule has 0 amide bonds. The zero-order valence-electron chi connectivity index (χ0n) is 10.7. The van der Waals surface area contributed by atoms with Crippen molar-refractivity contribution in [2.75, 3.05) is 0 Å². The number of hydrogen-bond acceptors (Lipinski definition) is 1. The Hall–Kier alpha value is -0.374. The zero-order valence-corrected chi connectivity index (χ0v) is 13.4. The molecule has 0 spiro atoms. The second kappa shape index (κ2) is 5.09. The van der Waals surface area contributed by atoms with Gasteiger partial charge in [0.2, 0.25) is 0 Å². The van der Waals surface area contributed by atoms with Crippen LogP contribution in [0.4, 0.5) is 0 Å². The Morgan fingerprint density at radius 3 is 2.41 bits per heavy atom. The molecular formula is C14H20OSeSi. The summed E-state index contributed by atoms with van der Waals surface area (Å²) >= 11 is 0.536. The van der Waals surface area contributed by atoms with Gasteiger partial charge in [-0.25, -0.2) is 0 Å². The van der Waals surface area contributed by atoms with Gasteiger partial charge in [0.15, 0.2) is 0 Å². The molecule has 1 unspecified atom stereocenters. The van der Waals surface area contributed by atoms with Crippen LogP contribution in [0, 0.1) is 11.8 Å². The van der Waals surface area contributed by atoms with Gasteiger partial charge >= 0.3 is 111 Å². The average molecular weight is 311 g/mol. The molecule has 1 fully saturated rings. The van der Waals surface area contributed by atoms with Gasteiger partial charge in [-0.1, -0.05) is 0 Å². The Balaban J connectivity index is 2.10. The van der Waals surface area contributed by atoms with E-state index in [1.807, 2.05) is 0 Å². The second-order valence-corrected chi connectivity index (χ2v) is 14.8. The van der Waals surface area contributed by atoms with Crippen molar-refractivity contribution >= 4 is 33.8 Å². The number of carbonyl (C=O) groups excluding carboxylic acids is 1. The third kappa shape index (κ3) is 3.31. The van der Waals surface area contributed by atoms with Crippen LogP contribution in [0.2, 0.25) is 24.1 Å². The van der Waals surface area contributed by atoms with Gasteiger partial charge in [0.25, 0.3) is 0 Å². The third-order valence-electron chi connectivity index (χ3n) is 3.31. The van der Waals surface area contributed by atoms with E-state index in [4.69, 9.17) is 0 Å². The van der Waals surface area contributed by atoms with E-state index in [-0.39, 0.29) is 0 Å². The molecular weight excluding hydrogens is 291 g/mol. The number of aldehydes is 1. The van der Waals surface area contributed by atoms with Crippen LogP contribution in [0.1, 0.15) is 6.42 Å². The zero-order chi connectivity index (χ0) is 12.5. The van der Waals surface area contributed by atoms with E-state index < -0.39 is 8.07 Å². The van der Waals surface area contributed by atoms with Crippen molar-refractivity contribution in [3.8, 4) is 0 Å². The number of carbonyl (C=O) groups is 1. The standard InChI is InChI=1S/C14H20OSeSi/c1-17(2,3)14(13-9-11(13)10-15)16-12-7-5-4-6-8-12/h4-8,10-11,13-14H,9H2,1-3H3/t11-,13+,14?/m0/s1. The molecule has 0 heterocycles. The molecule has 0 bridgehead atoms. The Morgan fingerprint density at radius 2 is 1.94 bits per heavy atom. The van der Waals surface area contributed by atoms with E-state index in [2.05, 4.69) is 50.0 Å². The number of rotatable bonds is 5. The van der Waals surface area contributed by atoms with Crippen molar-refractivity contribution in [3.05, 3.63) is 30.3 Å². The molecule has 0 aliphatic heterocycles. The third-order valence-corrected chi connectivity index (χ3v) is 12.9. The monoisotopic (exact) mass is 312 g/mol. The summed E-state index contributed by atoms with van der Waals surface area (Å²) < 4.78 is 2.30. The first-order valence-electron chi connectivity index (χ1n) is 6.19. The van der Waals surface area contributed by atoms with Gasteiger partial charge in [0.1, 0.15) is 0 Å². The van der Waals surface area contributed by atoms with Gasteiger partial charge < -0.3 is 0 Å². The van der Waals surface area contributed by atoms with Crippen LogP contribution in [-0.2, 0) is 4.79 Å². The van der Waals surface area contributed by atoms with Gasteiger partial charge in [0, 0.05) is 0 Å². The summed E-state index contributed by atoms with van der Waals surface area (Å²) in [6.07, 6.45) is 2.33. The molecule has 1 aliphatic rings. The fraction of sp³-hybridized carbons (Fsp3) is 0.500. The molecule has 1 aromatic rings. The van der Waals surface area contributed by atoms with E-state index in [0.717, 1.165) is 10.9 Å². The summed E-state index contributed by atoms with van der Waals surface area (Å²) in [5.74, 6) is 1.07. The van der Waals surface area contributed by atoms with Crippen LogP contribution in [0.3, 0.4) is 0 Å². The van der Waals surface area contributed by atoms with Gasteiger partial charge in [0.05, 0.1) is 0 Å². The minimum atomic E-state index is -1.16. The van der Waals surface area contributed by atoms with Crippen molar-refractivity contribution in [2.45, 2.75) is 30.5 Å². The quantitative estimate of drug-likeness (QED) is 0.603. The summed E-state index contributed by atoms with van der Waals surface area (Å²) in [6.45, 7) is 7.34. The van der Waals surface area contributed by atoms with E-state index >= 15 is 0 Å². The fourth-order valence-electron chi connectivity index (χ4n) is 2.29. The van der Waals surface area contributed by atoms with Crippen molar-refractivity contribution in [1.29, 1.82) is 0 Å². The van der Waals surface area contributed by atoms with Gasteiger partial charge in [-0.3, -0.25) is 0 Å². The molecule has 1 aromatic carbocycles. The predicted molar refractivity (Wildman–Crippen MR) is 76.6 cm³/mol. The molecule has 17 heavy (non-hydrogen) atoms. The maximum atomic E-state index is 10.9. The molecule has 92 valence electrons. The van der Waals surface area contributed by atoms with Crippen LogP contribution in [0.25, 0.3) is 0 Å². The van der Waals surface area contributed by atoms with Gasteiger partial charge in [-0.2, -0.15) is 0 Å². The second-order valence-electron chi connectivity index (χ2n) is 5.92. The summed E-state index contributed by atoms with van der Waals surface area (Å²) in [6, 6.07) is 10.8. The van der Waals surface area contributed by atoms with E-state index in [0.29, 0.717) is 26.8 Å². The fourth-order valence-corrected chi connectivity index (χ4v) is 9.54. The molecule has 0 N–H and O–H groups in total. The first-order valence-corrected chi connectivity index (χ1v) is 11.6. The topological polar surface area (TPSA) is 17.1 Å². The summed E-state index contributed by atoms with van der Waals surface area (Å²) in [7, 11) is -1.16. The van der Waals surface area contributed by atoms with Gasteiger partial charge in [-0.15, -0.1) is 0 Å². The Labute approximate surface area is 111 Å². The molecule has 3 atom stereocenters. The first-order chi connectivity index (χ1) is 8.02. The summed E-state index contributed by atoms with van der Waals surface area (Å²) in [5, 5.41) is 0. The molecule has 0 radical (unpaired) electrons. The molecule has 1 aliphatic carbocycles. The van der Waals surface area contributed by atoms with Gasteiger partial charge in [-0.05, 0) is 0 Å². The minimum absolute atomic E-state index is 0.373. The molecule has 2 rings (SSSR count). The molecule has 1 nitrogen and oxygen atoms in total. The van der Waals surface area contributed by atoms with Crippen molar-refractivity contribution in [2.24, 2.45) is 11.8 Å². The Bertz CT molecular complexity index is 385. The number of hydrogen-bond donors (Lipinski definition) is 0. The predicted octanol–water partition coefficient (Wildman–Crippen LogP) is 2.52. The first kappa shape index (κ1) is 13.1.